The molecule has 0 aliphatic rings. The molecule has 17 heavy (non-hydrogen) atoms. The number of hydrogen-bond acceptors (Lipinski definition) is 1. The Hall–Kier alpha value is -0.240. The van der Waals surface area contributed by atoms with Gasteiger partial charge in [0.1, 0.15) is 0 Å². The average Bonchev–Trinajstić information content (AvgIpc) is 2.20. The van der Waals surface area contributed by atoms with Crippen molar-refractivity contribution in [1.82, 2.24) is 5.32 Å². The molecule has 0 aliphatic heterocycles. The van der Waals surface area contributed by atoms with Crippen molar-refractivity contribution >= 4 is 23.2 Å². The molecular weight excluding hydrogens is 253 g/mol. The second-order valence-electron chi connectivity index (χ2n) is 5.63. The Kier molecular flexibility index (Phi) is 5.30. The van der Waals surface area contributed by atoms with E-state index >= 15 is 0 Å². The molecule has 1 nitrogen and oxygen atoms in total. The molecule has 0 fully saturated rings. The van der Waals surface area contributed by atoms with E-state index in [1.807, 2.05) is 18.2 Å². The fourth-order valence-corrected chi connectivity index (χ4v) is 2.10. The molecule has 1 aromatic carbocycles. The van der Waals surface area contributed by atoms with E-state index in [1.54, 1.807) is 0 Å². The van der Waals surface area contributed by atoms with Crippen LogP contribution in [0.5, 0.6) is 0 Å². The van der Waals surface area contributed by atoms with Gasteiger partial charge in [0.2, 0.25) is 0 Å². The molecule has 0 heterocycles. The smallest absolute Gasteiger partial charge is 0.0639 e. The first-order valence-electron chi connectivity index (χ1n) is 5.98. The monoisotopic (exact) mass is 273 g/mol. The van der Waals surface area contributed by atoms with E-state index < -0.39 is 0 Å². The Balaban J connectivity index is 2.58. The molecule has 1 N–H and O–H groups in total. The van der Waals surface area contributed by atoms with E-state index in [0.717, 1.165) is 18.5 Å². The Morgan fingerprint density at radius 3 is 2.47 bits per heavy atom. The van der Waals surface area contributed by atoms with Gasteiger partial charge in [-0.05, 0) is 36.9 Å². The number of halogens is 2. The first-order valence-corrected chi connectivity index (χ1v) is 6.74. The summed E-state index contributed by atoms with van der Waals surface area (Å²) in [5.41, 5.74) is 1.42. The fourth-order valence-electron chi connectivity index (χ4n) is 1.63. The molecule has 0 spiro atoms. The molecule has 0 saturated carbocycles. The molecule has 0 amide bonds. The largest absolute Gasteiger partial charge is 0.310 e. The third-order valence-electron chi connectivity index (χ3n) is 2.77. The van der Waals surface area contributed by atoms with Gasteiger partial charge in [-0.15, -0.1) is 0 Å². The van der Waals surface area contributed by atoms with E-state index in [4.69, 9.17) is 23.2 Å². The Labute approximate surface area is 115 Å². The average molecular weight is 274 g/mol. The Morgan fingerprint density at radius 2 is 1.88 bits per heavy atom. The lowest BCUT2D eigenvalue weighted by atomic mass is 9.92. The van der Waals surface area contributed by atoms with Gasteiger partial charge >= 0.3 is 0 Å². The topological polar surface area (TPSA) is 12.0 Å². The molecule has 0 saturated heterocycles. The van der Waals surface area contributed by atoms with Crippen molar-refractivity contribution in [2.45, 2.75) is 40.2 Å². The molecule has 1 unspecified atom stereocenters. The van der Waals surface area contributed by atoms with Crippen LogP contribution in [0.25, 0.3) is 0 Å². The predicted molar refractivity (Wildman–Crippen MR) is 77.0 cm³/mol. The number of rotatable bonds is 4. The third-order valence-corrected chi connectivity index (χ3v) is 3.61. The summed E-state index contributed by atoms with van der Waals surface area (Å²) in [4.78, 5) is 0. The van der Waals surface area contributed by atoms with Crippen LogP contribution in [0.15, 0.2) is 18.2 Å². The molecule has 3 heteroatoms. The maximum Gasteiger partial charge on any atom is 0.0639 e. The van der Waals surface area contributed by atoms with Crippen molar-refractivity contribution < 1.29 is 0 Å². The van der Waals surface area contributed by atoms with Crippen LogP contribution >= 0.6 is 23.2 Å². The quantitative estimate of drug-likeness (QED) is 0.807. The summed E-state index contributed by atoms with van der Waals surface area (Å²) in [5, 5.41) is 4.76. The van der Waals surface area contributed by atoms with Gasteiger partial charge in [-0.3, -0.25) is 0 Å². The maximum atomic E-state index is 6.18. The third kappa shape index (κ3) is 4.87. The van der Waals surface area contributed by atoms with Crippen LogP contribution in [0.2, 0.25) is 10.0 Å². The zero-order valence-electron chi connectivity index (χ0n) is 11.0. The summed E-state index contributed by atoms with van der Waals surface area (Å²) in [6.45, 7) is 9.82. The van der Waals surface area contributed by atoms with E-state index in [9.17, 15) is 0 Å². The van der Waals surface area contributed by atoms with Gasteiger partial charge in [-0.2, -0.15) is 0 Å². The second-order valence-corrected chi connectivity index (χ2v) is 6.41. The molecular formula is C14H21Cl2N. The van der Waals surface area contributed by atoms with E-state index in [-0.39, 0.29) is 6.04 Å². The molecule has 96 valence electrons. The summed E-state index contributed by atoms with van der Waals surface area (Å²) in [6, 6.07) is 5.99. The fraction of sp³-hybridized carbons (Fsp3) is 0.571. The molecule has 1 aromatic rings. The van der Waals surface area contributed by atoms with Crippen LogP contribution in [0, 0.1) is 5.41 Å². The van der Waals surface area contributed by atoms with Crippen LogP contribution in [0.1, 0.15) is 45.7 Å². The van der Waals surface area contributed by atoms with Crippen molar-refractivity contribution in [1.29, 1.82) is 0 Å². The zero-order valence-corrected chi connectivity index (χ0v) is 12.5. The van der Waals surface area contributed by atoms with Crippen LogP contribution in [-0.2, 0) is 0 Å². The van der Waals surface area contributed by atoms with Crippen LogP contribution < -0.4 is 5.32 Å². The Morgan fingerprint density at radius 1 is 1.24 bits per heavy atom. The number of benzene rings is 1. The SMILES string of the molecule is CC(NCCC(C)(C)C)c1cccc(Cl)c1Cl. The molecule has 0 radical (unpaired) electrons. The first kappa shape index (κ1) is 14.8. The molecule has 0 aromatic heterocycles. The summed E-state index contributed by atoms with van der Waals surface area (Å²) < 4.78 is 0. The highest BCUT2D eigenvalue weighted by Crippen LogP contribution is 2.29. The van der Waals surface area contributed by atoms with Gasteiger partial charge < -0.3 is 5.32 Å². The minimum atomic E-state index is 0.226. The predicted octanol–water partition coefficient (Wildman–Crippen LogP) is 5.08. The van der Waals surface area contributed by atoms with Gasteiger partial charge in [0.15, 0.2) is 0 Å². The van der Waals surface area contributed by atoms with Crippen molar-refractivity contribution in [2.75, 3.05) is 6.54 Å². The maximum absolute atomic E-state index is 6.18. The first-order chi connectivity index (χ1) is 7.81. The van der Waals surface area contributed by atoms with Gasteiger partial charge in [0, 0.05) is 6.04 Å². The Bertz CT molecular complexity index is 369. The van der Waals surface area contributed by atoms with Gasteiger partial charge in [0.05, 0.1) is 10.0 Å². The zero-order chi connectivity index (χ0) is 13.1. The van der Waals surface area contributed by atoms with Crippen LogP contribution in [0.3, 0.4) is 0 Å². The van der Waals surface area contributed by atoms with E-state index in [0.29, 0.717) is 15.5 Å². The summed E-state index contributed by atoms with van der Waals surface area (Å²) in [5.74, 6) is 0. The number of hydrogen-bond donors (Lipinski definition) is 1. The number of nitrogens with one attached hydrogen (secondary N) is 1. The normalized spacial score (nSPS) is 13.8. The van der Waals surface area contributed by atoms with Gasteiger partial charge in [-0.1, -0.05) is 56.1 Å². The van der Waals surface area contributed by atoms with E-state index in [2.05, 4.69) is 33.0 Å². The molecule has 0 bridgehead atoms. The molecule has 0 aliphatic carbocycles. The summed E-state index contributed by atoms with van der Waals surface area (Å²) in [6.07, 6.45) is 1.13. The van der Waals surface area contributed by atoms with Crippen molar-refractivity contribution in [3.63, 3.8) is 0 Å². The highest BCUT2D eigenvalue weighted by atomic mass is 35.5. The van der Waals surface area contributed by atoms with Crippen LogP contribution in [-0.4, -0.2) is 6.54 Å². The van der Waals surface area contributed by atoms with Crippen molar-refractivity contribution in [3.8, 4) is 0 Å². The lowest BCUT2D eigenvalue weighted by molar-refractivity contribution is 0.358. The van der Waals surface area contributed by atoms with Crippen molar-refractivity contribution in [3.05, 3.63) is 33.8 Å². The summed E-state index contributed by atoms with van der Waals surface area (Å²) in [7, 11) is 0. The lowest BCUT2D eigenvalue weighted by Crippen LogP contribution is -2.23. The highest BCUT2D eigenvalue weighted by molar-refractivity contribution is 6.42. The molecule has 1 atom stereocenters. The lowest BCUT2D eigenvalue weighted by Gasteiger charge is -2.21. The summed E-state index contributed by atoms with van der Waals surface area (Å²) >= 11 is 12.2. The minimum Gasteiger partial charge on any atom is -0.310 e. The van der Waals surface area contributed by atoms with Crippen molar-refractivity contribution in [2.24, 2.45) is 5.41 Å². The second kappa shape index (κ2) is 6.08. The standard InChI is InChI=1S/C14H21Cl2N/c1-10(17-9-8-14(2,3)4)11-6-5-7-12(15)13(11)16/h5-7,10,17H,8-9H2,1-4H3. The highest BCUT2D eigenvalue weighted by Gasteiger charge is 2.13. The van der Waals surface area contributed by atoms with Crippen LogP contribution in [0.4, 0.5) is 0 Å². The van der Waals surface area contributed by atoms with Gasteiger partial charge in [0.25, 0.3) is 0 Å². The molecule has 1 rings (SSSR count). The van der Waals surface area contributed by atoms with E-state index in [1.165, 1.54) is 0 Å². The van der Waals surface area contributed by atoms with Gasteiger partial charge in [-0.25, -0.2) is 0 Å². The minimum absolute atomic E-state index is 0.226.